The second-order valence-electron chi connectivity index (χ2n) is 5.90. The van der Waals surface area contributed by atoms with Crippen molar-refractivity contribution < 1.29 is 9.90 Å². The molecule has 0 aliphatic heterocycles. The van der Waals surface area contributed by atoms with E-state index in [-0.39, 0.29) is 5.69 Å². The van der Waals surface area contributed by atoms with Crippen LogP contribution in [-0.2, 0) is 0 Å². The average molecular weight is 320 g/mol. The molecule has 4 nitrogen and oxygen atoms in total. The third-order valence-corrected chi connectivity index (χ3v) is 4.32. The lowest BCUT2D eigenvalue weighted by atomic mass is 9.97. The molecule has 0 radical (unpaired) electrons. The summed E-state index contributed by atoms with van der Waals surface area (Å²) < 4.78 is 1.68. The van der Waals surface area contributed by atoms with Crippen LogP contribution in [0.25, 0.3) is 16.9 Å². The SMILES string of the molecule is CCC(C)c1ccc(-c2cc(C(=O)O)nn2-c2ccccc2)cc1. The highest BCUT2D eigenvalue weighted by Crippen LogP contribution is 2.27. The van der Waals surface area contributed by atoms with Gasteiger partial charge in [0.2, 0.25) is 0 Å². The van der Waals surface area contributed by atoms with E-state index in [0.717, 1.165) is 23.4 Å². The monoisotopic (exact) mass is 320 g/mol. The Morgan fingerprint density at radius 1 is 1.12 bits per heavy atom. The Bertz CT molecular complexity index is 836. The molecule has 0 spiro atoms. The molecule has 1 aromatic heterocycles. The minimum Gasteiger partial charge on any atom is -0.476 e. The van der Waals surface area contributed by atoms with Crippen LogP contribution in [0.2, 0.25) is 0 Å². The summed E-state index contributed by atoms with van der Waals surface area (Å²) in [5, 5.41) is 13.5. The average Bonchev–Trinajstić information content (AvgIpc) is 3.07. The van der Waals surface area contributed by atoms with Crippen LogP contribution in [0, 0.1) is 0 Å². The largest absolute Gasteiger partial charge is 0.476 e. The van der Waals surface area contributed by atoms with E-state index in [9.17, 15) is 9.90 Å². The van der Waals surface area contributed by atoms with Crippen LogP contribution in [-0.4, -0.2) is 20.9 Å². The van der Waals surface area contributed by atoms with Crippen molar-refractivity contribution in [3.8, 4) is 16.9 Å². The number of aromatic carboxylic acids is 1. The number of hydrogen-bond donors (Lipinski definition) is 1. The molecule has 0 saturated heterocycles. The van der Waals surface area contributed by atoms with Crippen molar-refractivity contribution in [3.05, 3.63) is 71.9 Å². The van der Waals surface area contributed by atoms with E-state index in [4.69, 9.17) is 0 Å². The van der Waals surface area contributed by atoms with Gasteiger partial charge in [-0.05, 0) is 36.1 Å². The fourth-order valence-corrected chi connectivity index (χ4v) is 2.68. The fraction of sp³-hybridized carbons (Fsp3) is 0.200. The lowest BCUT2D eigenvalue weighted by molar-refractivity contribution is 0.0690. The maximum atomic E-state index is 11.3. The summed E-state index contributed by atoms with van der Waals surface area (Å²) in [6.45, 7) is 4.37. The van der Waals surface area contributed by atoms with E-state index in [1.807, 2.05) is 42.5 Å². The molecule has 1 N–H and O–H groups in total. The van der Waals surface area contributed by atoms with Crippen LogP contribution in [0.3, 0.4) is 0 Å². The Balaban J connectivity index is 2.08. The van der Waals surface area contributed by atoms with Gasteiger partial charge in [0, 0.05) is 5.56 Å². The van der Waals surface area contributed by atoms with E-state index >= 15 is 0 Å². The zero-order valence-corrected chi connectivity index (χ0v) is 13.8. The maximum absolute atomic E-state index is 11.3. The van der Waals surface area contributed by atoms with Crippen LogP contribution in [0.5, 0.6) is 0 Å². The first-order chi connectivity index (χ1) is 11.6. The molecular weight excluding hydrogens is 300 g/mol. The minimum absolute atomic E-state index is 0.0415. The molecule has 24 heavy (non-hydrogen) atoms. The van der Waals surface area contributed by atoms with Crippen molar-refractivity contribution >= 4 is 5.97 Å². The topological polar surface area (TPSA) is 55.1 Å². The molecule has 0 aliphatic rings. The highest BCUT2D eigenvalue weighted by atomic mass is 16.4. The summed E-state index contributed by atoms with van der Waals surface area (Å²) >= 11 is 0. The second kappa shape index (κ2) is 6.71. The van der Waals surface area contributed by atoms with E-state index in [0.29, 0.717) is 5.92 Å². The van der Waals surface area contributed by atoms with E-state index < -0.39 is 5.97 Å². The number of para-hydroxylation sites is 1. The molecule has 0 saturated carbocycles. The van der Waals surface area contributed by atoms with Crippen LogP contribution in [0.1, 0.15) is 42.2 Å². The van der Waals surface area contributed by atoms with Crippen molar-refractivity contribution in [2.45, 2.75) is 26.2 Å². The lowest BCUT2D eigenvalue weighted by Gasteiger charge is -2.11. The molecule has 3 rings (SSSR count). The van der Waals surface area contributed by atoms with E-state index in [2.05, 4.69) is 31.1 Å². The van der Waals surface area contributed by atoms with Gasteiger partial charge in [-0.2, -0.15) is 5.10 Å². The Labute approximate surface area is 141 Å². The summed E-state index contributed by atoms with van der Waals surface area (Å²) in [6.07, 6.45) is 1.09. The van der Waals surface area contributed by atoms with Crippen molar-refractivity contribution in [2.24, 2.45) is 0 Å². The number of hydrogen-bond acceptors (Lipinski definition) is 2. The van der Waals surface area contributed by atoms with E-state index in [1.54, 1.807) is 10.7 Å². The zero-order chi connectivity index (χ0) is 17.1. The van der Waals surface area contributed by atoms with Gasteiger partial charge in [0.15, 0.2) is 5.69 Å². The van der Waals surface area contributed by atoms with E-state index in [1.165, 1.54) is 5.56 Å². The van der Waals surface area contributed by atoms with Crippen LogP contribution < -0.4 is 0 Å². The smallest absolute Gasteiger partial charge is 0.356 e. The third-order valence-electron chi connectivity index (χ3n) is 4.32. The Hall–Kier alpha value is -2.88. The summed E-state index contributed by atoms with van der Waals surface area (Å²) in [5.74, 6) is -0.519. The number of rotatable bonds is 5. The second-order valence-corrected chi connectivity index (χ2v) is 5.90. The lowest BCUT2D eigenvalue weighted by Crippen LogP contribution is -2.02. The Morgan fingerprint density at radius 2 is 1.79 bits per heavy atom. The van der Waals surface area contributed by atoms with Crippen LogP contribution in [0.15, 0.2) is 60.7 Å². The van der Waals surface area contributed by atoms with Gasteiger partial charge in [0.05, 0.1) is 11.4 Å². The van der Waals surface area contributed by atoms with Gasteiger partial charge < -0.3 is 5.11 Å². The molecule has 1 atom stereocenters. The Kier molecular flexibility index (Phi) is 4.47. The number of carboxylic acids is 1. The van der Waals surface area contributed by atoms with Gasteiger partial charge in [-0.15, -0.1) is 0 Å². The Morgan fingerprint density at radius 3 is 2.38 bits per heavy atom. The summed E-state index contributed by atoms with van der Waals surface area (Å²) in [6, 6.07) is 19.5. The number of benzene rings is 2. The maximum Gasteiger partial charge on any atom is 0.356 e. The standard InChI is InChI=1S/C20H20N2O2/c1-3-14(2)15-9-11-16(12-10-15)19-13-18(20(23)24)21-22(19)17-7-5-4-6-8-17/h4-14H,3H2,1-2H3,(H,23,24). The summed E-state index contributed by atoms with van der Waals surface area (Å²) in [7, 11) is 0. The van der Waals surface area contributed by atoms with Crippen molar-refractivity contribution in [1.29, 1.82) is 0 Å². The van der Waals surface area contributed by atoms with Gasteiger partial charge in [0.25, 0.3) is 0 Å². The van der Waals surface area contributed by atoms with Gasteiger partial charge in [-0.3, -0.25) is 0 Å². The fourth-order valence-electron chi connectivity index (χ4n) is 2.68. The predicted molar refractivity (Wildman–Crippen MR) is 94.7 cm³/mol. The molecule has 0 fully saturated rings. The van der Waals surface area contributed by atoms with Crippen molar-refractivity contribution in [1.82, 2.24) is 9.78 Å². The summed E-state index contributed by atoms with van der Waals surface area (Å²) in [4.78, 5) is 11.3. The van der Waals surface area contributed by atoms with Gasteiger partial charge >= 0.3 is 5.97 Å². The molecule has 2 aromatic carbocycles. The van der Waals surface area contributed by atoms with Crippen molar-refractivity contribution in [2.75, 3.05) is 0 Å². The van der Waals surface area contributed by atoms with Gasteiger partial charge in [0.1, 0.15) is 0 Å². The molecule has 4 heteroatoms. The quantitative estimate of drug-likeness (QED) is 0.738. The third kappa shape index (κ3) is 3.08. The normalized spacial score (nSPS) is 12.1. The van der Waals surface area contributed by atoms with Crippen molar-refractivity contribution in [3.63, 3.8) is 0 Å². The highest BCUT2D eigenvalue weighted by molar-refractivity contribution is 5.87. The molecular formula is C20H20N2O2. The molecule has 3 aromatic rings. The molecule has 1 unspecified atom stereocenters. The zero-order valence-electron chi connectivity index (χ0n) is 13.8. The number of carbonyl (C=O) groups is 1. The number of nitrogens with zero attached hydrogens (tertiary/aromatic N) is 2. The first-order valence-corrected chi connectivity index (χ1v) is 8.09. The highest BCUT2D eigenvalue weighted by Gasteiger charge is 2.16. The molecule has 0 amide bonds. The van der Waals surface area contributed by atoms with Crippen LogP contribution >= 0.6 is 0 Å². The molecule has 0 aliphatic carbocycles. The molecule has 1 heterocycles. The number of carboxylic acid groups (broad SMARTS) is 1. The van der Waals surface area contributed by atoms with Crippen LogP contribution in [0.4, 0.5) is 0 Å². The first kappa shape index (κ1) is 16.0. The summed E-state index contributed by atoms with van der Waals surface area (Å²) in [5.41, 5.74) is 3.89. The first-order valence-electron chi connectivity index (χ1n) is 8.09. The molecule has 0 bridgehead atoms. The van der Waals surface area contributed by atoms with Gasteiger partial charge in [-0.25, -0.2) is 9.48 Å². The number of aromatic nitrogens is 2. The minimum atomic E-state index is -1.03. The predicted octanol–water partition coefficient (Wildman–Crippen LogP) is 4.75. The molecule has 122 valence electrons. The van der Waals surface area contributed by atoms with Gasteiger partial charge in [-0.1, -0.05) is 56.3 Å².